The van der Waals surface area contributed by atoms with Crippen molar-refractivity contribution in [1.29, 1.82) is 0 Å². The van der Waals surface area contributed by atoms with E-state index in [4.69, 9.17) is 4.74 Å². The minimum atomic E-state index is -0.308. The van der Waals surface area contributed by atoms with Gasteiger partial charge in [-0.1, -0.05) is 22.9 Å². The molecule has 1 aromatic heterocycles. The number of aromatic nitrogens is 1. The Labute approximate surface area is 112 Å². The van der Waals surface area contributed by atoms with Gasteiger partial charge in [0.25, 0.3) is 0 Å². The smallest absolute Gasteiger partial charge is 0.321 e. The summed E-state index contributed by atoms with van der Waals surface area (Å²) >= 11 is 0. The zero-order valence-corrected chi connectivity index (χ0v) is 11.1. The summed E-state index contributed by atoms with van der Waals surface area (Å²) in [6.07, 6.45) is 1.63. The van der Waals surface area contributed by atoms with Crippen LogP contribution in [0.3, 0.4) is 0 Å². The summed E-state index contributed by atoms with van der Waals surface area (Å²) in [4.78, 5) is 2.07. The van der Waals surface area contributed by atoms with Gasteiger partial charge in [-0.25, -0.2) is 4.90 Å². The second kappa shape index (κ2) is 4.16. The van der Waals surface area contributed by atoms with Gasteiger partial charge in [0, 0.05) is 6.07 Å². The molecule has 1 N–H and O–H groups in total. The Bertz CT molecular complexity index is 611. The predicted octanol–water partition coefficient (Wildman–Crippen LogP) is 2.52. The Kier molecular flexibility index (Phi) is 2.59. The number of benzene rings is 1. The molecule has 0 saturated carbocycles. The van der Waals surface area contributed by atoms with Crippen LogP contribution < -0.4 is 14.4 Å². The van der Waals surface area contributed by atoms with E-state index in [0.29, 0.717) is 6.54 Å². The Hall–Kier alpha value is -2.23. The van der Waals surface area contributed by atoms with Crippen LogP contribution in [0, 0.1) is 0 Å². The lowest BCUT2D eigenvalue weighted by molar-refractivity contribution is -0.894. The summed E-state index contributed by atoms with van der Waals surface area (Å²) < 4.78 is 7.12. The third kappa shape index (κ3) is 2.10. The van der Waals surface area contributed by atoms with Crippen LogP contribution >= 0.6 is 0 Å². The molecule has 4 heteroatoms. The molecule has 0 bridgehead atoms. The third-order valence-electron chi connectivity index (χ3n) is 3.18. The molecule has 0 radical (unpaired) electrons. The first-order chi connectivity index (χ1) is 9.07. The highest BCUT2D eigenvalue weighted by Crippen LogP contribution is 2.39. The van der Waals surface area contributed by atoms with E-state index in [1.54, 1.807) is 12.3 Å². The fraction of sp³-hybridized carbons (Fsp3) is 0.267. The fourth-order valence-corrected chi connectivity index (χ4v) is 2.41. The molecule has 0 saturated heterocycles. The normalized spacial score (nSPS) is 16.6. The summed E-state index contributed by atoms with van der Waals surface area (Å²) in [5.41, 5.74) is 0.660. The molecule has 2 heterocycles. The van der Waals surface area contributed by atoms with Crippen molar-refractivity contribution in [2.24, 2.45) is 0 Å². The fourth-order valence-electron chi connectivity index (χ4n) is 2.41. The number of fused-ring (bicyclic) bond motifs is 1. The van der Waals surface area contributed by atoms with E-state index >= 15 is 0 Å². The van der Waals surface area contributed by atoms with Crippen LogP contribution in [0.15, 0.2) is 48.7 Å². The van der Waals surface area contributed by atoms with Crippen molar-refractivity contribution in [3.05, 3.63) is 48.7 Å². The van der Waals surface area contributed by atoms with Gasteiger partial charge in [-0.05, 0) is 32.0 Å². The Balaban J connectivity index is 2.14. The number of anilines is 2. The minimum absolute atomic E-state index is 0.308. The SMILES string of the molecule is CC1(C)CN(c2cccc[n+]2O)c2ccccc2O1. The Morgan fingerprint density at radius 3 is 2.68 bits per heavy atom. The number of hydrogen-bond donors (Lipinski definition) is 1. The maximum atomic E-state index is 9.99. The van der Waals surface area contributed by atoms with Crippen molar-refractivity contribution in [2.45, 2.75) is 19.4 Å². The van der Waals surface area contributed by atoms with E-state index in [9.17, 15) is 5.21 Å². The van der Waals surface area contributed by atoms with Gasteiger partial charge >= 0.3 is 5.82 Å². The molecule has 0 atom stereocenters. The molecule has 0 unspecified atom stereocenters. The third-order valence-corrected chi connectivity index (χ3v) is 3.18. The van der Waals surface area contributed by atoms with E-state index in [0.717, 1.165) is 22.0 Å². The van der Waals surface area contributed by atoms with Crippen LogP contribution in [0.4, 0.5) is 11.5 Å². The average molecular weight is 257 g/mol. The Morgan fingerprint density at radius 2 is 1.89 bits per heavy atom. The molecule has 98 valence electrons. The highest BCUT2D eigenvalue weighted by molar-refractivity contribution is 5.67. The molecular formula is C15H17N2O2+. The molecule has 4 nitrogen and oxygen atoms in total. The molecule has 1 aromatic carbocycles. The molecule has 0 amide bonds. The molecule has 0 aliphatic carbocycles. The van der Waals surface area contributed by atoms with E-state index in [-0.39, 0.29) is 5.60 Å². The van der Waals surface area contributed by atoms with Crippen molar-refractivity contribution in [3.8, 4) is 5.75 Å². The molecule has 3 rings (SSSR count). The number of para-hydroxylation sites is 2. The largest absolute Gasteiger partial charge is 0.479 e. The summed E-state index contributed by atoms with van der Waals surface area (Å²) in [6.45, 7) is 4.76. The van der Waals surface area contributed by atoms with Gasteiger partial charge in [0.05, 0.1) is 0 Å². The average Bonchev–Trinajstić information content (AvgIpc) is 2.37. The molecule has 0 fully saturated rings. The number of rotatable bonds is 1. The van der Waals surface area contributed by atoms with E-state index in [1.165, 1.54) is 0 Å². The van der Waals surface area contributed by atoms with Gasteiger partial charge in [-0.15, -0.1) is 0 Å². The van der Waals surface area contributed by atoms with Gasteiger partial charge in [0.1, 0.15) is 18.3 Å². The molecule has 19 heavy (non-hydrogen) atoms. The van der Waals surface area contributed by atoms with E-state index < -0.39 is 0 Å². The van der Waals surface area contributed by atoms with Crippen LogP contribution in [0.1, 0.15) is 13.8 Å². The molecule has 0 spiro atoms. The van der Waals surface area contributed by atoms with Crippen molar-refractivity contribution < 1.29 is 14.7 Å². The number of hydrogen-bond acceptors (Lipinski definition) is 3. The zero-order valence-electron chi connectivity index (χ0n) is 11.1. The van der Waals surface area contributed by atoms with Crippen LogP contribution in [0.2, 0.25) is 0 Å². The van der Waals surface area contributed by atoms with Crippen molar-refractivity contribution >= 4 is 11.5 Å². The minimum Gasteiger partial charge on any atom is -0.479 e. The highest BCUT2D eigenvalue weighted by Gasteiger charge is 2.38. The second-order valence-electron chi connectivity index (χ2n) is 5.32. The molecule has 1 aliphatic rings. The maximum absolute atomic E-state index is 9.99. The van der Waals surface area contributed by atoms with Gasteiger partial charge in [-0.2, -0.15) is 0 Å². The van der Waals surface area contributed by atoms with Crippen LogP contribution in [-0.4, -0.2) is 17.4 Å². The topological polar surface area (TPSA) is 36.6 Å². The van der Waals surface area contributed by atoms with Crippen molar-refractivity contribution in [3.63, 3.8) is 0 Å². The summed E-state index contributed by atoms with van der Waals surface area (Å²) in [6, 6.07) is 13.5. The van der Waals surface area contributed by atoms with Crippen LogP contribution in [0.5, 0.6) is 5.75 Å². The zero-order chi connectivity index (χ0) is 13.5. The number of ether oxygens (including phenoxy) is 1. The van der Waals surface area contributed by atoms with Gasteiger partial charge < -0.3 is 9.94 Å². The van der Waals surface area contributed by atoms with Crippen LogP contribution in [-0.2, 0) is 0 Å². The molecule has 1 aliphatic heterocycles. The van der Waals surface area contributed by atoms with Crippen molar-refractivity contribution in [1.82, 2.24) is 0 Å². The second-order valence-corrected chi connectivity index (χ2v) is 5.32. The first-order valence-corrected chi connectivity index (χ1v) is 6.32. The van der Waals surface area contributed by atoms with E-state index in [2.05, 4.69) is 4.90 Å². The quantitative estimate of drug-likeness (QED) is 0.630. The summed E-state index contributed by atoms with van der Waals surface area (Å²) in [7, 11) is 0. The standard InChI is InChI=1S/C15H17N2O2/c1-15(2)11-16(14-9-5-6-10-17(14)18)12-7-3-4-8-13(12)19-15/h3-10,18H,11H2,1-2H3/q+1. The molecule has 2 aromatic rings. The lowest BCUT2D eigenvalue weighted by atomic mass is 10.1. The molecular weight excluding hydrogens is 240 g/mol. The summed E-state index contributed by atoms with van der Waals surface area (Å²) in [5, 5.41) is 9.99. The monoisotopic (exact) mass is 257 g/mol. The number of nitrogens with zero attached hydrogens (tertiary/aromatic N) is 2. The number of pyridine rings is 1. The van der Waals surface area contributed by atoms with Crippen molar-refractivity contribution in [2.75, 3.05) is 11.4 Å². The lowest BCUT2D eigenvalue weighted by Crippen LogP contribution is -2.48. The van der Waals surface area contributed by atoms with Gasteiger partial charge in [0.2, 0.25) is 0 Å². The lowest BCUT2D eigenvalue weighted by Gasteiger charge is -2.35. The van der Waals surface area contributed by atoms with Gasteiger partial charge in [-0.3, -0.25) is 0 Å². The predicted molar refractivity (Wildman–Crippen MR) is 72.0 cm³/mol. The summed E-state index contributed by atoms with van der Waals surface area (Å²) in [5.74, 6) is 1.56. The van der Waals surface area contributed by atoms with E-state index in [1.807, 2.05) is 50.2 Å². The van der Waals surface area contributed by atoms with Gasteiger partial charge in [0.15, 0.2) is 11.4 Å². The maximum Gasteiger partial charge on any atom is 0.321 e. The first-order valence-electron chi connectivity index (χ1n) is 6.32. The Morgan fingerprint density at radius 1 is 1.16 bits per heavy atom. The first kappa shape index (κ1) is 11.8. The highest BCUT2D eigenvalue weighted by atomic mass is 16.5. The van der Waals surface area contributed by atoms with Crippen LogP contribution in [0.25, 0.3) is 0 Å².